The lowest BCUT2D eigenvalue weighted by Gasteiger charge is -2.25. The molecule has 1 fully saturated rings. The zero-order valence-corrected chi connectivity index (χ0v) is 13.2. The molecule has 9 nitrogen and oxygen atoms in total. The van der Waals surface area contributed by atoms with Crippen LogP contribution < -0.4 is 0 Å². The summed E-state index contributed by atoms with van der Waals surface area (Å²) in [5, 5.41) is 26.1. The number of nitrogens with zero attached hydrogens (tertiary/aromatic N) is 4. The molecular weight excluding hydrogens is 316 g/mol. The Balaban J connectivity index is 1.65. The second-order valence-corrected chi connectivity index (χ2v) is 5.75. The number of hydrogen-bond acceptors (Lipinski definition) is 6. The summed E-state index contributed by atoms with van der Waals surface area (Å²) in [5.41, 5.74) is 0.615. The fourth-order valence-corrected chi connectivity index (χ4v) is 2.77. The van der Waals surface area contributed by atoms with Crippen LogP contribution in [0.25, 0.3) is 0 Å². The minimum Gasteiger partial charge on any atom is -0.569 e. The van der Waals surface area contributed by atoms with Crippen molar-refractivity contribution in [2.45, 2.75) is 32.1 Å². The van der Waals surface area contributed by atoms with Gasteiger partial charge in [0.2, 0.25) is 11.5 Å². The number of amides is 2. The zero-order chi connectivity index (χ0) is 17.3. The molecule has 2 amide bonds. The minimum absolute atomic E-state index is 0.292. The molecule has 2 aliphatic rings. The number of piperidine rings is 1. The number of hydrogen-bond donors (Lipinski definition) is 1. The van der Waals surface area contributed by atoms with Crippen LogP contribution in [0, 0.1) is 5.21 Å². The number of aliphatic hydroxyl groups excluding tert-OH is 1. The second kappa shape index (κ2) is 6.44. The molecule has 1 unspecified atom stereocenters. The molecule has 2 heterocycles. The van der Waals surface area contributed by atoms with Crippen molar-refractivity contribution >= 4 is 11.8 Å². The molecule has 1 aromatic carbocycles. The van der Waals surface area contributed by atoms with Crippen LogP contribution in [-0.2, 0) is 4.84 Å². The Kier molecular flexibility index (Phi) is 4.34. The van der Waals surface area contributed by atoms with Gasteiger partial charge in [-0.15, -0.1) is 5.01 Å². The van der Waals surface area contributed by atoms with Crippen LogP contribution in [0.4, 0.5) is 0 Å². The maximum absolute atomic E-state index is 12.3. The van der Waals surface area contributed by atoms with Crippen molar-refractivity contribution in [3.05, 3.63) is 40.6 Å². The van der Waals surface area contributed by atoms with E-state index in [1.165, 1.54) is 11.9 Å². The van der Waals surface area contributed by atoms with Crippen LogP contribution >= 0.6 is 0 Å². The number of imide groups is 1. The summed E-state index contributed by atoms with van der Waals surface area (Å²) in [7, 11) is 0. The van der Waals surface area contributed by atoms with Crippen molar-refractivity contribution in [3.63, 3.8) is 0 Å². The number of fused-ring (bicyclic) bond motifs is 1. The van der Waals surface area contributed by atoms with Crippen LogP contribution in [0.1, 0.15) is 40.5 Å². The van der Waals surface area contributed by atoms with E-state index in [1.54, 1.807) is 24.3 Å². The van der Waals surface area contributed by atoms with E-state index in [0.29, 0.717) is 42.0 Å². The van der Waals surface area contributed by atoms with Gasteiger partial charge in [-0.25, -0.2) is 4.90 Å². The summed E-state index contributed by atoms with van der Waals surface area (Å²) < 4.78 is 0. The summed E-state index contributed by atoms with van der Waals surface area (Å²) in [5.74, 6) is -0.950. The van der Waals surface area contributed by atoms with Crippen molar-refractivity contribution in [1.29, 1.82) is 0 Å². The molecule has 24 heavy (non-hydrogen) atoms. The molecule has 0 saturated carbocycles. The van der Waals surface area contributed by atoms with Gasteiger partial charge in [-0.3, -0.25) is 9.59 Å². The summed E-state index contributed by atoms with van der Waals surface area (Å²) >= 11 is 0. The highest BCUT2D eigenvalue weighted by molar-refractivity contribution is 6.21. The summed E-state index contributed by atoms with van der Waals surface area (Å²) in [4.78, 5) is 30.9. The fourth-order valence-electron chi connectivity index (χ4n) is 2.77. The molecular formula is C15H18N4O5. The average Bonchev–Trinajstić information content (AvgIpc) is 2.85. The Morgan fingerprint density at radius 2 is 1.79 bits per heavy atom. The van der Waals surface area contributed by atoms with E-state index in [2.05, 4.69) is 5.28 Å². The van der Waals surface area contributed by atoms with Crippen LogP contribution in [-0.4, -0.2) is 57.2 Å². The normalized spacial score (nSPS) is 20.3. The smallest absolute Gasteiger partial charge is 0.264 e. The van der Waals surface area contributed by atoms with E-state index >= 15 is 0 Å². The van der Waals surface area contributed by atoms with Crippen molar-refractivity contribution < 1.29 is 24.5 Å². The molecule has 1 atom stereocenters. The largest absolute Gasteiger partial charge is 0.569 e. The topological polar surface area (TPSA) is 109 Å². The number of benzene rings is 1. The lowest BCUT2D eigenvalue weighted by Crippen LogP contribution is -2.41. The quantitative estimate of drug-likeness (QED) is 0.379. The number of aliphatic hydroxyl groups is 1. The molecule has 0 aliphatic carbocycles. The van der Waals surface area contributed by atoms with Crippen molar-refractivity contribution in [3.8, 4) is 0 Å². The molecule has 1 N–H and O–H groups in total. The van der Waals surface area contributed by atoms with Crippen molar-refractivity contribution in [2.24, 2.45) is 5.28 Å². The predicted octanol–water partition coefficient (Wildman–Crippen LogP) is 0.894. The molecule has 0 bridgehead atoms. The van der Waals surface area contributed by atoms with Crippen LogP contribution in [0.3, 0.4) is 0 Å². The Hall–Kier alpha value is -2.68. The fraction of sp³-hybridized carbons (Fsp3) is 0.467. The second-order valence-electron chi connectivity index (χ2n) is 5.75. The lowest BCUT2D eigenvalue weighted by atomic mass is 10.1. The Morgan fingerprint density at radius 1 is 1.25 bits per heavy atom. The van der Waals surface area contributed by atoms with Gasteiger partial charge in [0.25, 0.3) is 11.8 Å². The number of carbonyl (C=O) groups excluding carboxylic acids is 2. The maximum Gasteiger partial charge on any atom is 0.264 e. The molecule has 128 valence electrons. The molecule has 0 aromatic heterocycles. The number of rotatable bonds is 4. The van der Waals surface area contributed by atoms with Gasteiger partial charge in [-0.1, -0.05) is 12.1 Å². The van der Waals surface area contributed by atoms with Gasteiger partial charge >= 0.3 is 0 Å². The van der Waals surface area contributed by atoms with Crippen LogP contribution in [0.15, 0.2) is 29.5 Å². The van der Waals surface area contributed by atoms with Crippen LogP contribution in [0.2, 0.25) is 0 Å². The van der Waals surface area contributed by atoms with Gasteiger partial charge in [-0.2, -0.15) is 0 Å². The average molecular weight is 334 g/mol. The third-order valence-electron chi connectivity index (χ3n) is 4.14. The van der Waals surface area contributed by atoms with E-state index in [-0.39, 0.29) is 0 Å². The molecule has 0 spiro atoms. The van der Waals surface area contributed by atoms with E-state index in [0.717, 1.165) is 4.90 Å². The first kappa shape index (κ1) is 16.2. The van der Waals surface area contributed by atoms with E-state index in [4.69, 9.17) is 4.84 Å². The molecule has 2 aliphatic heterocycles. The first-order valence-electron chi connectivity index (χ1n) is 7.73. The number of hydrazine groups is 1. The van der Waals surface area contributed by atoms with Gasteiger partial charge < -0.3 is 15.2 Å². The highest BCUT2D eigenvalue weighted by atomic mass is 16.7. The van der Waals surface area contributed by atoms with Gasteiger partial charge in [0.05, 0.1) is 35.3 Å². The zero-order valence-electron chi connectivity index (χ0n) is 13.2. The maximum atomic E-state index is 12.3. The monoisotopic (exact) mass is 334 g/mol. The van der Waals surface area contributed by atoms with Crippen molar-refractivity contribution in [2.75, 3.05) is 13.1 Å². The van der Waals surface area contributed by atoms with E-state index < -0.39 is 24.1 Å². The van der Waals surface area contributed by atoms with Gasteiger partial charge in [0, 0.05) is 0 Å². The predicted molar refractivity (Wildman–Crippen MR) is 80.4 cm³/mol. The highest BCUT2D eigenvalue weighted by Crippen LogP contribution is 2.24. The first-order valence-corrected chi connectivity index (χ1v) is 7.73. The summed E-state index contributed by atoms with van der Waals surface area (Å²) in [6.45, 7) is 2.19. The van der Waals surface area contributed by atoms with Crippen LogP contribution in [0.5, 0.6) is 0 Å². The molecule has 1 saturated heterocycles. The first-order chi connectivity index (χ1) is 11.5. The van der Waals surface area contributed by atoms with Gasteiger partial charge in [-0.05, 0) is 31.9 Å². The number of carbonyl (C=O) groups is 2. The minimum atomic E-state index is -1.01. The Morgan fingerprint density at radius 3 is 2.33 bits per heavy atom. The SMILES string of the molecule is CC(ON=[N+]([O-])N1CCC(O)CC1)N1C(=O)c2ccccc2C1=O. The van der Waals surface area contributed by atoms with Gasteiger partial charge in [0.1, 0.15) is 0 Å². The Labute approximate surface area is 138 Å². The highest BCUT2D eigenvalue weighted by Gasteiger charge is 2.39. The lowest BCUT2D eigenvalue weighted by molar-refractivity contribution is -0.714. The summed E-state index contributed by atoms with van der Waals surface area (Å²) in [6.07, 6.45) is -0.471. The summed E-state index contributed by atoms with van der Waals surface area (Å²) in [6, 6.07) is 6.48. The van der Waals surface area contributed by atoms with E-state index in [9.17, 15) is 19.9 Å². The van der Waals surface area contributed by atoms with Gasteiger partial charge in [0.15, 0.2) is 0 Å². The standard InChI is InChI=1S/C15H18N4O5/c1-10(24-16-19(23)17-8-6-11(20)7-9-17)18-14(21)12-4-2-3-5-13(12)15(18)22/h2-5,10-11,20H,6-9H2,1H3. The van der Waals surface area contributed by atoms with Crippen molar-refractivity contribution in [1.82, 2.24) is 9.91 Å². The molecule has 9 heteroatoms. The third kappa shape index (κ3) is 2.90. The Bertz CT molecular complexity index is 649. The van der Waals surface area contributed by atoms with E-state index in [1.807, 2.05) is 0 Å². The third-order valence-corrected chi connectivity index (χ3v) is 4.14. The molecule has 0 radical (unpaired) electrons. The molecule has 3 rings (SSSR count). The molecule has 1 aromatic rings.